The summed E-state index contributed by atoms with van der Waals surface area (Å²) in [5.74, 6) is -0.483. The second-order valence-corrected chi connectivity index (χ2v) is 11.2. The van der Waals surface area contributed by atoms with Crippen LogP contribution in [0.4, 0.5) is 22.7 Å². The Morgan fingerprint density at radius 3 is 1.82 bits per heavy atom. The summed E-state index contributed by atoms with van der Waals surface area (Å²) < 4.78 is 99.3. The molecule has 0 aromatic heterocycles. The minimum atomic E-state index is -5.09. The first-order valence-electron chi connectivity index (χ1n) is 9.10. The molecule has 0 atom stereocenters. The minimum absolute atomic E-state index is 0. The van der Waals surface area contributed by atoms with Gasteiger partial charge in [-0.3, -0.25) is 18.5 Å². The quantitative estimate of drug-likeness (QED) is 0.111. The molecule has 0 saturated carbocycles. The molecule has 3 aromatic rings. The van der Waals surface area contributed by atoms with E-state index in [0.29, 0.717) is 12.1 Å². The number of nitrogens with two attached hydrogens (primary N) is 1. The number of nitrogens with one attached hydrogen (secondary N) is 1. The molecule has 20 heteroatoms. The predicted octanol–water partition coefficient (Wildman–Crippen LogP) is 0.590. The molecule has 0 saturated heterocycles. The molecule has 6 N–H and O–H groups in total. The first kappa shape index (κ1) is 37.5. The van der Waals surface area contributed by atoms with Gasteiger partial charge >= 0.3 is 88.7 Å². The monoisotopic (exact) mass is 616 g/mol. The van der Waals surface area contributed by atoms with Crippen molar-refractivity contribution in [1.82, 2.24) is 0 Å². The van der Waals surface area contributed by atoms with Gasteiger partial charge in [0, 0.05) is 18.0 Å². The van der Waals surface area contributed by atoms with Gasteiger partial charge in [-0.15, -0.1) is 10.2 Å². The zero-order valence-corrected chi connectivity index (χ0v) is 19.9. The van der Waals surface area contributed by atoms with Crippen LogP contribution in [0.1, 0.15) is 6.92 Å². The first-order chi connectivity index (χ1) is 16.0. The van der Waals surface area contributed by atoms with Crippen molar-refractivity contribution < 1.29 is 43.7 Å². The van der Waals surface area contributed by atoms with E-state index < -0.39 is 67.4 Å². The fraction of sp³-hybridized carbons (Fsp3) is 0.0556. The second-order valence-electron chi connectivity index (χ2n) is 7.05. The van der Waals surface area contributed by atoms with Gasteiger partial charge in [0.05, 0.1) is 10.6 Å². The molecular weight excluding hydrogens is 597 g/mol. The van der Waals surface area contributed by atoms with Crippen LogP contribution >= 0.6 is 0 Å². The third-order valence-electron chi connectivity index (χ3n) is 4.42. The number of carbonyl (C=O) groups excluding carboxylic acids is 1. The molecule has 0 aliphatic heterocycles. The SMILES string of the molecule is CC(=O)Nc1cc(N)ccc1/N=N/c1cc2c(S(=O)(=O)O)cc(S(=O)(=O)O)cc2cc1S(=O)(=O)O.[NaH].[NaH].[NaH]. The van der Waals surface area contributed by atoms with Gasteiger partial charge in [-0.25, -0.2) is 0 Å². The van der Waals surface area contributed by atoms with Crippen molar-refractivity contribution in [2.24, 2.45) is 10.2 Å². The van der Waals surface area contributed by atoms with E-state index in [0.717, 1.165) is 12.1 Å². The number of nitrogen functional groups attached to an aromatic ring is 1. The van der Waals surface area contributed by atoms with Crippen LogP contribution in [0.3, 0.4) is 0 Å². The normalized spacial score (nSPS) is 11.8. The van der Waals surface area contributed by atoms with Crippen LogP contribution in [0.25, 0.3) is 10.8 Å². The van der Waals surface area contributed by atoms with Gasteiger partial charge in [0.15, 0.2) is 0 Å². The van der Waals surface area contributed by atoms with Gasteiger partial charge in [0.25, 0.3) is 30.4 Å². The number of azo groups is 1. The van der Waals surface area contributed by atoms with Crippen LogP contribution in [0.15, 0.2) is 67.4 Å². The average molecular weight is 617 g/mol. The topological polar surface area (TPSA) is 243 Å². The maximum atomic E-state index is 12.0. The van der Waals surface area contributed by atoms with E-state index in [-0.39, 0.29) is 106 Å². The van der Waals surface area contributed by atoms with Crippen molar-refractivity contribution in [3.8, 4) is 0 Å². The van der Waals surface area contributed by atoms with Crippen LogP contribution in [0.5, 0.6) is 0 Å². The Hall–Kier alpha value is -0.480. The van der Waals surface area contributed by atoms with Crippen LogP contribution in [0.2, 0.25) is 0 Å². The Morgan fingerprint density at radius 2 is 1.32 bits per heavy atom. The molecule has 1 amide bonds. The average Bonchev–Trinajstić information content (AvgIpc) is 2.69. The fourth-order valence-electron chi connectivity index (χ4n) is 3.00. The number of hydrogen-bond donors (Lipinski definition) is 5. The molecule has 0 fully saturated rings. The van der Waals surface area contributed by atoms with E-state index in [9.17, 15) is 43.7 Å². The van der Waals surface area contributed by atoms with E-state index >= 15 is 0 Å². The zero-order chi connectivity index (χ0) is 26.3. The molecule has 3 aromatic carbocycles. The van der Waals surface area contributed by atoms with E-state index in [1.54, 1.807) is 0 Å². The standard InChI is InChI=1S/C18H16N4O10S3.3Na.3H/c1-9(23)20-15-6-11(19)2-3-14(15)21-22-16-8-13-10(5-18(16)35(30,31)32)4-12(33(24,25)26)7-17(13)34(27,28)29;;;;;;/h2-8H,19H2,1H3,(H,20,23)(H,24,25,26)(H,27,28,29)(H,30,31,32);;;;;;/b22-21+;;;;;;. The summed E-state index contributed by atoms with van der Waals surface area (Å²) in [6.07, 6.45) is 0. The molecular formula is C18H19N4Na3O10S3. The van der Waals surface area contributed by atoms with Crippen LogP contribution in [0, 0.1) is 0 Å². The molecule has 14 nitrogen and oxygen atoms in total. The number of anilines is 2. The van der Waals surface area contributed by atoms with E-state index in [4.69, 9.17) is 5.73 Å². The molecule has 0 unspecified atom stereocenters. The Labute approximate surface area is 284 Å². The Kier molecular flexibility index (Phi) is 13.8. The van der Waals surface area contributed by atoms with E-state index in [1.807, 2.05) is 0 Å². The summed E-state index contributed by atoms with van der Waals surface area (Å²) in [6, 6.07) is 6.75. The fourth-order valence-corrected chi connectivity index (χ4v) is 4.99. The third-order valence-corrected chi connectivity index (χ3v) is 7.03. The Bertz CT molecular complexity index is 1750. The first-order valence-corrected chi connectivity index (χ1v) is 13.4. The van der Waals surface area contributed by atoms with E-state index in [1.165, 1.54) is 25.1 Å². The number of fused-ring (bicyclic) bond motifs is 1. The third kappa shape index (κ3) is 9.28. The van der Waals surface area contributed by atoms with Crippen molar-refractivity contribution in [2.75, 3.05) is 11.1 Å². The molecule has 192 valence electrons. The van der Waals surface area contributed by atoms with Crippen LogP contribution in [-0.4, -0.2) is 133 Å². The second kappa shape index (κ2) is 13.9. The van der Waals surface area contributed by atoms with E-state index in [2.05, 4.69) is 15.5 Å². The number of rotatable bonds is 6. The van der Waals surface area contributed by atoms with Crippen LogP contribution < -0.4 is 11.1 Å². The van der Waals surface area contributed by atoms with Gasteiger partial charge in [-0.2, -0.15) is 25.3 Å². The molecule has 0 radical (unpaired) electrons. The number of benzene rings is 3. The predicted molar refractivity (Wildman–Crippen MR) is 144 cm³/mol. The van der Waals surface area contributed by atoms with Gasteiger partial charge in [0.1, 0.15) is 21.2 Å². The summed E-state index contributed by atoms with van der Waals surface area (Å²) in [7, 11) is -15.1. The molecule has 0 aliphatic carbocycles. The van der Waals surface area contributed by atoms with Crippen molar-refractivity contribution in [3.63, 3.8) is 0 Å². The molecule has 0 spiro atoms. The van der Waals surface area contributed by atoms with Crippen molar-refractivity contribution in [2.45, 2.75) is 21.6 Å². The maximum absolute atomic E-state index is 12.0. The summed E-state index contributed by atoms with van der Waals surface area (Å²) in [5.41, 5.74) is 5.44. The molecule has 0 heterocycles. The van der Waals surface area contributed by atoms with Gasteiger partial charge in [0.2, 0.25) is 5.91 Å². The van der Waals surface area contributed by atoms with Crippen molar-refractivity contribution >= 4 is 158 Å². The van der Waals surface area contributed by atoms with Crippen molar-refractivity contribution in [1.29, 1.82) is 0 Å². The Morgan fingerprint density at radius 1 is 0.763 bits per heavy atom. The number of nitrogens with zero attached hydrogens (tertiary/aromatic N) is 2. The number of carbonyl (C=O) groups is 1. The Balaban J connectivity index is 0.00000456. The summed E-state index contributed by atoms with van der Waals surface area (Å²) in [5, 5.41) is 9.21. The molecule has 38 heavy (non-hydrogen) atoms. The molecule has 0 bridgehead atoms. The zero-order valence-electron chi connectivity index (χ0n) is 17.4. The summed E-state index contributed by atoms with van der Waals surface area (Å²) in [4.78, 5) is 8.58. The summed E-state index contributed by atoms with van der Waals surface area (Å²) in [6.45, 7) is 1.21. The summed E-state index contributed by atoms with van der Waals surface area (Å²) >= 11 is 0. The molecule has 0 aliphatic rings. The van der Waals surface area contributed by atoms with Crippen LogP contribution in [-0.2, 0) is 35.1 Å². The van der Waals surface area contributed by atoms with Gasteiger partial charge in [-0.1, -0.05) is 0 Å². The van der Waals surface area contributed by atoms with Gasteiger partial charge in [-0.05, 0) is 47.9 Å². The van der Waals surface area contributed by atoms with Gasteiger partial charge < -0.3 is 11.1 Å². The molecule has 3 rings (SSSR count). The number of amides is 1. The van der Waals surface area contributed by atoms with Crippen molar-refractivity contribution in [3.05, 3.63) is 42.5 Å². The number of hydrogen-bond acceptors (Lipinski definition) is 10.